The van der Waals surface area contributed by atoms with Crippen LogP contribution in [0.1, 0.15) is 11.1 Å². The van der Waals surface area contributed by atoms with Crippen LogP contribution in [0.5, 0.6) is 0 Å². The van der Waals surface area contributed by atoms with Gasteiger partial charge in [-0.1, -0.05) is 84.9 Å². The van der Waals surface area contributed by atoms with E-state index in [1.54, 1.807) is 0 Å². The summed E-state index contributed by atoms with van der Waals surface area (Å²) in [6.07, 6.45) is 7.87. The Morgan fingerprint density at radius 1 is 0.533 bits per heavy atom. The molecule has 4 heterocycles. The Morgan fingerprint density at radius 3 is 2.18 bits per heavy atom. The fourth-order valence-corrected chi connectivity index (χ4v) is 6.81. The number of para-hydroxylation sites is 2. The fraction of sp³-hybridized carbons (Fsp3) is 0.0500. The van der Waals surface area contributed by atoms with E-state index in [-0.39, 0.29) is 0 Å². The average Bonchev–Trinajstić information content (AvgIpc) is 3.68. The molecule has 214 valence electrons. The Hall–Kier alpha value is -5.94. The van der Waals surface area contributed by atoms with E-state index in [0.717, 1.165) is 52.2 Å². The molecular formula is C40H29N5. The van der Waals surface area contributed by atoms with Gasteiger partial charge in [0.2, 0.25) is 0 Å². The first-order chi connectivity index (χ1) is 22.3. The van der Waals surface area contributed by atoms with Crippen molar-refractivity contribution in [3.63, 3.8) is 0 Å². The maximum Gasteiger partial charge on any atom is 0.137 e. The smallest absolute Gasteiger partial charge is 0.137 e. The van der Waals surface area contributed by atoms with Crippen LogP contribution in [0.15, 0.2) is 152 Å². The third kappa shape index (κ3) is 4.24. The first kappa shape index (κ1) is 25.5. The van der Waals surface area contributed by atoms with Crippen LogP contribution in [0.3, 0.4) is 0 Å². The third-order valence-electron chi connectivity index (χ3n) is 8.95. The number of anilines is 3. The number of hydrogen-bond donors (Lipinski definition) is 0. The van der Waals surface area contributed by atoms with Crippen molar-refractivity contribution in [2.75, 3.05) is 4.90 Å². The largest absolute Gasteiger partial charge is 0.310 e. The van der Waals surface area contributed by atoms with Crippen LogP contribution in [0.4, 0.5) is 17.1 Å². The van der Waals surface area contributed by atoms with Crippen molar-refractivity contribution in [1.82, 2.24) is 19.3 Å². The van der Waals surface area contributed by atoms with Crippen molar-refractivity contribution in [1.29, 1.82) is 0 Å². The Balaban J connectivity index is 1.25. The summed E-state index contributed by atoms with van der Waals surface area (Å²) >= 11 is 0. The molecule has 0 aliphatic carbocycles. The van der Waals surface area contributed by atoms with Gasteiger partial charge < -0.3 is 4.90 Å². The summed E-state index contributed by atoms with van der Waals surface area (Å²) in [6.45, 7) is 0. The second-order valence-corrected chi connectivity index (χ2v) is 11.6. The van der Waals surface area contributed by atoms with E-state index in [9.17, 15) is 0 Å². The molecule has 0 spiro atoms. The molecular weight excluding hydrogens is 550 g/mol. The molecule has 0 radical (unpaired) electrons. The molecule has 0 amide bonds. The lowest BCUT2D eigenvalue weighted by atomic mass is 10.0. The summed E-state index contributed by atoms with van der Waals surface area (Å²) in [6, 6.07) is 47.5. The Labute approximate surface area is 261 Å². The van der Waals surface area contributed by atoms with Crippen LogP contribution >= 0.6 is 0 Å². The van der Waals surface area contributed by atoms with E-state index in [1.165, 1.54) is 33.3 Å². The first-order valence-corrected chi connectivity index (χ1v) is 15.4. The Bertz CT molecular complexity index is 2330. The maximum atomic E-state index is 4.78. The number of pyridine rings is 1. The third-order valence-corrected chi connectivity index (χ3v) is 8.95. The van der Waals surface area contributed by atoms with Gasteiger partial charge in [-0.3, -0.25) is 4.57 Å². The van der Waals surface area contributed by atoms with Crippen molar-refractivity contribution in [2.45, 2.75) is 12.8 Å². The number of rotatable bonds is 4. The van der Waals surface area contributed by atoms with Crippen LogP contribution in [-0.2, 0) is 12.8 Å². The molecule has 0 saturated carbocycles. The van der Waals surface area contributed by atoms with Crippen LogP contribution in [-0.4, -0.2) is 19.3 Å². The van der Waals surface area contributed by atoms with Crippen molar-refractivity contribution < 1.29 is 0 Å². The molecule has 5 nitrogen and oxygen atoms in total. The number of benzene rings is 5. The first-order valence-electron chi connectivity index (χ1n) is 15.4. The zero-order valence-electron chi connectivity index (χ0n) is 24.6. The summed E-state index contributed by atoms with van der Waals surface area (Å²) in [5.41, 5.74) is 11.7. The highest BCUT2D eigenvalue weighted by molar-refractivity contribution is 6.10. The molecule has 0 N–H and O–H groups in total. The molecule has 8 aromatic rings. The zero-order valence-corrected chi connectivity index (χ0v) is 24.6. The monoisotopic (exact) mass is 579 g/mol. The topological polar surface area (TPSA) is 38.9 Å². The quantitative estimate of drug-likeness (QED) is 0.208. The highest BCUT2D eigenvalue weighted by atomic mass is 15.3. The molecule has 1 aliphatic heterocycles. The lowest BCUT2D eigenvalue weighted by Gasteiger charge is -2.28. The van der Waals surface area contributed by atoms with Gasteiger partial charge in [0.25, 0.3) is 0 Å². The Kier molecular flexibility index (Phi) is 5.88. The van der Waals surface area contributed by atoms with Gasteiger partial charge in [-0.25, -0.2) is 9.67 Å². The van der Waals surface area contributed by atoms with E-state index in [1.807, 2.05) is 35.3 Å². The van der Waals surface area contributed by atoms with Gasteiger partial charge in [-0.05, 0) is 78.1 Å². The van der Waals surface area contributed by atoms with Gasteiger partial charge in [0, 0.05) is 40.1 Å². The lowest BCUT2D eigenvalue weighted by molar-refractivity contribution is 0.878. The molecule has 0 unspecified atom stereocenters. The normalized spacial score (nSPS) is 12.7. The summed E-state index contributed by atoms with van der Waals surface area (Å²) in [5.74, 6) is 0.910. The molecule has 1 aliphatic rings. The van der Waals surface area contributed by atoms with Crippen LogP contribution in [0, 0.1) is 0 Å². The van der Waals surface area contributed by atoms with E-state index in [0.29, 0.717) is 0 Å². The van der Waals surface area contributed by atoms with Crippen LogP contribution in [0.2, 0.25) is 0 Å². The van der Waals surface area contributed by atoms with Gasteiger partial charge in [-0.2, -0.15) is 5.10 Å². The van der Waals surface area contributed by atoms with E-state index in [4.69, 9.17) is 10.1 Å². The van der Waals surface area contributed by atoms with Gasteiger partial charge in [0.05, 0.1) is 28.6 Å². The lowest BCUT2D eigenvalue weighted by Crippen LogP contribution is -2.12. The number of aryl methyl sites for hydroxylation is 2. The molecule has 0 saturated heterocycles. The summed E-state index contributed by atoms with van der Waals surface area (Å²) in [7, 11) is 0. The average molecular weight is 580 g/mol. The predicted molar refractivity (Wildman–Crippen MR) is 183 cm³/mol. The predicted octanol–water partition coefficient (Wildman–Crippen LogP) is 9.60. The van der Waals surface area contributed by atoms with Gasteiger partial charge in [0.1, 0.15) is 5.82 Å². The fourth-order valence-electron chi connectivity index (χ4n) is 6.81. The van der Waals surface area contributed by atoms with E-state index < -0.39 is 0 Å². The minimum Gasteiger partial charge on any atom is -0.310 e. The summed E-state index contributed by atoms with van der Waals surface area (Å²) in [5, 5.41) is 7.20. The minimum atomic E-state index is 0.910. The molecule has 0 fully saturated rings. The molecule has 9 rings (SSSR count). The second-order valence-electron chi connectivity index (χ2n) is 11.6. The van der Waals surface area contributed by atoms with E-state index >= 15 is 0 Å². The number of aromatic nitrogens is 4. The van der Waals surface area contributed by atoms with Crippen molar-refractivity contribution in [3.8, 4) is 22.6 Å². The van der Waals surface area contributed by atoms with Gasteiger partial charge >= 0.3 is 0 Å². The zero-order chi connectivity index (χ0) is 29.7. The Morgan fingerprint density at radius 2 is 1.29 bits per heavy atom. The van der Waals surface area contributed by atoms with Crippen LogP contribution < -0.4 is 4.90 Å². The van der Waals surface area contributed by atoms with Crippen molar-refractivity contribution >= 4 is 38.9 Å². The molecule has 0 bridgehead atoms. The molecule has 0 atom stereocenters. The van der Waals surface area contributed by atoms with Crippen LogP contribution in [0.25, 0.3) is 44.4 Å². The second kappa shape index (κ2) is 10.4. The number of nitrogens with zero attached hydrogens (tertiary/aromatic N) is 5. The summed E-state index contributed by atoms with van der Waals surface area (Å²) < 4.78 is 4.27. The molecule has 5 heteroatoms. The highest BCUT2D eigenvalue weighted by Gasteiger charge is 2.24. The van der Waals surface area contributed by atoms with Crippen molar-refractivity contribution in [3.05, 3.63) is 163 Å². The molecule has 45 heavy (non-hydrogen) atoms. The number of fused-ring (bicyclic) bond motifs is 5. The molecule has 3 aromatic heterocycles. The maximum absolute atomic E-state index is 4.78. The van der Waals surface area contributed by atoms with E-state index in [2.05, 4.69) is 131 Å². The molecule has 5 aromatic carbocycles. The SMILES string of the molecule is c1ccc(-c2cnn(-c3ccc4c(c3)N(c3ccc5c6ccccc6n(-c6ccccn6)c5c3)c3ccccc3CC4)c2)cc1. The number of hydrogen-bond acceptors (Lipinski definition) is 3. The standard InChI is InChI=1S/C40H29N5/c1-2-10-28(11-3-1)31-26-42-43(27-31)32-20-19-30-18-17-29-12-4-6-14-36(29)44(38(30)24-32)33-21-22-35-34-13-5-7-15-37(34)45(39(35)25-33)40-16-8-9-23-41-40/h1-16,19-27H,17-18H2. The summed E-state index contributed by atoms with van der Waals surface area (Å²) in [4.78, 5) is 7.19. The van der Waals surface area contributed by atoms with Gasteiger partial charge in [-0.15, -0.1) is 0 Å². The minimum absolute atomic E-state index is 0.910. The highest BCUT2D eigenvalue weighted by Crippen LogP contribution is 2.44. The van der Waals surface area contributed by atoms with Gasteiger partial charge in [0.15, 0.2) is 0 Å². The van der Waals surface area contributed by atoms with Crippen molar-refractivity contribution in [2.24, 2.45) is 0 Å².